The van der Waals surface area contributed by atoms with Crippen LogP contribution in [0.15, 0.2) is 24.3 Å². The number of hydrogen-bond acceptors (Lipinski definition) is 9. The van der Waals surface area contributed by atoms with E-state index in [9.17, 15) is 24.6 Å². The predicted molar refractivity (Wildman–Crippen MR) is 167 cm³/mol. The fraction of sp³-hybridized carbons (Fsp3) is 0.788. The third-order valence-corrected chi connectivity index (χ3v) is 7.51. The van der Waals surface area contributed by atoms with Crippen LogP contribution in [-0.2, 0) is 33.3 Å². The number of aliphatic hydroxyl groups excluding tert-OH is 2. The number of unbranched alkanes of at least 4 members (excludes halogenated alkanes) is 2. The van der Waals surface area contributed by atoms with Gasteiger partial charge in [0.1, 0.15) is 18.6 Å². The summed E-state index contributed by atoms with van der Waals surface area (Å²) in [6.45, 7) is 16.9. The van der Waals surface area contributed by atoms with Gasteiger partial charge in [-0.3, -0.25) is 4.79 Å². The molecule has 0 spiro atoms. The number of nitrogens with zero attached hydrogens (tertiary/aromatic N) is 1. The molecule has 0 fully saturated rings. The predicted octanol–water partition coefficient (Wildman–Crippen LogP) is 4.47. The Morgan fingerprint density at radius 1 is 0.744 bits per heavy atom. The largest absolute Gasteiger partial charge is 0.461 e. The highest BCUT2D eigenvalue weighted by atomic mass is 16.6. The first-order valence-corrected chi connectivity index (χ1v) is 15.9. The maximum absolute atomic E-state index is 13.5. The van der Waals surface area contributed by atoms with Gasteiger partial charge in [0.05, 0.1) is 37.6 Å². The first-order valence-electron chi connectivity index (χ1n) is 15.9. The standard InChI is InChI=1S/C33H59NO9/c1-8-12-14-28(10-3)22-40-20-26(5)30(37)42-24-33(7,32(39)34(16-18-35)17-19-36)25-43-31(38)27(6)21-41-23-29(11-4)15-13-9-2/h28-29,35-36H,5-6,8-25H2,1-4,7H3. The van der Waals surface area contributed by atoms with Gasteiger partial charge in [0, 0.05) is 26.3 Å². The lowest BCUT2D eigenvalue weighted by molar-refractivity contribution is -0.160. The number of carbonyl (C=O) groups is 3. The Morgan fingerprint density at radius 3 is 1.47 bits per heavy atom. The van der Waals surface area contributed by atoms with Crippen molar-refractivity contribution in [3.63, 3.8) is 0 Å². The Morgan fingerprint density at radius 2 is 1.14 bits per heavy atom. The van der Waals surface area contributed by atoms with Gasteiger partial charge < -0.3 is 34.1 Å². The van der Waals surface area contributed by atoms with Crippen molar-refractivity contribution in [2.75, 3.05) is 65.9 Å². The third-order valence-electron chi connectivity index (χ3n) is 7.51. The molecule has 0 saturated carbocycles. The molecule has 0 aromatic rings. The molecule has 0 radical (unpaired) electrons. The average molecular weight is 614 g/mol. The molecule has 0 bridgehead atoms. The van der Waals surface area contributed by atoms with E-state index in [-0.39, 0.29) is 50.7 Å². The van der Waals surface area contributed by atoms with Crippen molar-refractivity contribution >= 4 is 17.8 Å². The molecule has 2 N–H and O–H groups in total. The molecule has 0 aliphatic carbocycles. The van der Waals surface area contributed by atoms with Gasteiger partial charge in [-0.15, -0.1) is 0 Å². The van der Waals surface area contributed by atoms with E-state index in [0.717, 1.165) is 51.4 Å². The lowest BCUT2D eigenvalue weighted by Gasteiger charge is -2.33. The molecular weight excluding hydrogens is 554 g/mol. The summed E-state index contributed by atoms with van der Waals surface area (Å²) >= 11 is 0. The Labute approximate surface area is 259 Å². The quantitative estimate of drug-likeness (QED) is 0.102. The monoisotopic (exact) mass is 613 g/mol. The van der Waals surface area contributed by atoms with Crippen LogP contribution < -0.4 is 0 Å². The highest BCUT2D eigenvalue weighted by Crippen LogP contribution is 2.23. The van der Waals surface area contributed by atoms with Crippen LogP contribution in [0, 0.1) is 17.3 Å². The maximum atomic E-state index is 13.5. The van der Waals surface area contributed by atoms with Crippen molar-refractivity contribution in [2.24, 2.45) is 17.3 Å². The molecule has 10 nitrogen and oxygen atoms in total. The van der Waals surface area contributed by atoms with Gasteiger partial charge in [0.15, 0.2) is 0 Å². The number of amides is 1. The molecule has 0 aliphatic rings. The summed E-state index contributed by atoms with van der Waals surface area (Å²) in [4.78, 5) is 40.1. The molecule has 250 valence electrons. The van der Waals surface area contributed by atoms with Crippen molar-refractivity contribution < 1.29 is 43.5 Å². The van der Waals surface area contributed by atoms with Crippen LogP contribution in [0.5, 0.6) is 0 Å². The van der Waals surface area contributed by atoms with Gasteiger partial charge >= 0.3 is 11.9 Å². The number of esters is 2. The number of rotatable bonds is 27. The smallest absolute Gasteiger partial charge is 0.335 e. The third kappa shape index (κ3) is 17.0. The van der Waals surface area contributed by atoms with E-state index in [1.165, 1.54) is 11.8 Å². The summed E-state index contributed by atoms with van der Waals surface area (Å²) in [6.07, 6.45) is 8.51. The lowest BCUT2D eigenvalue weighted by Crippen LogP contribution is -2.50. The Balaban J connectivity index is 5.27. The van der Waals surface area contributed by atoms with Crippen molar-refractivity contribution in [1.29, 1.82) is 0 Å². The zero-order chi connectivity index (χ0) is 32.7. The maximum Gasteiger partial charge on any atom is 0.335 e. The summed E-state index contributed by atoms with van der Waals surface area (Å²) in [6, 6.07) is 0. The normalized spacial score (nSPS) is 13.9. The first kappa shape index (κ1) is 40.7. The molecule has 43 heavy (non-hydrogen) atoms. The van der Waals surface area contributed by atoms with Gasteiger partial charge in [-0.05, 0) is 31.6 Å². The Hall–Kier alpha value is -2.27. The SMILES string of the molecule is C=C(COCC(CC)CCCC)C(=O)OCC(C)(COC(=O)C(=C)COCC(CC)CCCC)C(=O)N(CCO)CCO. The van der Waals surface area contributed by atoms with E-state index < -0.39 is 36.5 Å². The summed E-state index contributed by atoms with van der Waals surface area (Å²) in [7, 11) is 0. The minimum absolute atomic E-state index is 0.000584. The van der Waals surface area contributed by atoms with Gasteiger partial charge in [-0.2, -0.15) is 0 Å². The molecule has 0 aromatic carbocycles. The fourth-order valence-electron chi connectivity index (χ4n) is 4.37. The van der Waals surface area contributed by atoms with Crippen molar-refractivity contribution in [2.45, 2.75) is 86.0 Å². The fourth-order valence-corrected chi connectivity index (χ4v) is 4.37. The van der Waals surface area contributed by atoms with Crippen molar-refractivity contribution in [3.8, 4) is 0 Å². The zero-order valence-electron chi connectivity index (χ0n) is 27.5. The van der Waals surface area contributed by atoms with E-state index in [0.29, 0.717) is 25.0 Å². The minimum Gasteiger partial charge on any atom is -0.461 e. The van der Waals surface area contributed by atoms with Crippen molar-refractivity contribution in [1.82, 2.24) is 4.90 Å². The molecule has 10 heteroatoms. The van der Waals surface area contributed by atoms with Crippen LogP contribution in [0.4, 0.5) is 0 Å². The van der Waals surface area contributed by atoms with E-state index in [2.05, 4.69) is 40.9 Å². The van der Waals surface area contributed by atoms with Gasteiger partial charge in [0.25, 0.3) is 0 Å². The molecule has 2 atom stereocenters. The van der Waals surface area contributed by atoms with E-state index in [1.807, 2.05) is 0 Å². The van der Waals surface area contributed by atoms with Crippen LogP contribution in [0.2, 0.25) is 0 Å². The summed E-state index contributed by atoms with van der Waals surface area (Å²) in [5.74, 6) is -1.21. The second-order valence-electron chi connectivity index (χ2n) is 11.5. The van der Waals surface area contributed by atoms with Crippen LogP contribution in [-0.4, -0.2) is 98.9 Å². The second-order valence-corrected chi connectivity index (χ2v) is 11.5. The van der Waals surface area contributed by atoms with Crippen LogP contribution in [0.25, 0.3) is 0 Å². The first-order chi connectivity index (χ1) is 20.5. The average Bonchev–Trinajstić information content (AvgIpc) is 3.01. The number of carbonyl (C=O) groups excluding carboxylic acids is 3. The lowest BCUT2D eigenvalue weighted by atomic mass is 9.90. The molecule has 2 unspecified atom stereocenters. The summed E-state index contributed by atoms with van der Waals surface area (Å²) < 4.78 is 22.3. The minimum atomic E-state index is -1.50. The molecule has 0 aliphatic heterocycles. The van der Waals surface area contributed by atoms with Gasteiger partial charge in [-0.1, -0.05) is 79.4 Å². The number of aliphatic hydroxyl groups is 2. The molecule has 0 aromatic heterocycles. The topological polar surface area (TPSA) is 132 Å². The number of ether oxygens (including phenoxy) is 4. The zero-order valence-corrected chi connectivity index (χ0v) is 27.5. The molecular formula is C33H59NO9. The van der Waals surface area contributed by atoms with Crippen LogP contribution >= 0.6 is 0 Å². The van der Waals surface area contributed by atoms with Crippen LogP contribution in [0.1, 0.15) is 86.0 Å². The number of hydrogen-bond donors (Lipinski definition) is 2. The second kappa shape index (κ2) is 24.1. The highest BCUT2D eigenvalue weighted by molar-refractivity contribution is 5.90. The molecule has 0 saturated heterocycles. The van der Waals surface area contributed by atoms with Gasteiger partial charge in [0.2, 0.25) is 5.91 Å². The Kier molecular flexibility index (Phi) is 22.8. The van der Waals surface area contributed by atoms with Crippen LogP contribution in [0.3, 0.4) is 0 Å². The van der Waals surface area contributed by atoms with E-state index in [4.69, 9.17) is 18.9 Å². The van der Waals surface area contributed by atoms with E-state index in [1.54, 1.807) is 0 Å². The summed E-state index contributed by atoms with van der Waals surface area (Å²) in [5.41, 5.74) is -1.29. The highest BCUT2D eigenvalue weighted by Gasteiger charge is 2.40. The van der Waals surface area contributed by atoms with Gasteiger partial charge in [-0.25, -0.2) is 9.59 Å². The van der Waals surface area contributed by atoms with Crippen molar-refractivity contribution in [3.05, 3.63) is 24.3 Å². The summed E-state index contributed by atoms with van der Waals surface area (Å²) in [5, 5.41) is 18.9. The Bertz CT molecular complexity index is 773. The molecule has 0 heterocycles. The molecule has 0 rings (SSSR count). The van der Waals surface area contributed by atoms with E-state index >= 15 is 0 Å². The molecule has 1 amide bonds.